The molecule has 0 saturated carbocycles. The summed E-state index contributed by atoms with van der Waals surface area (Å²) < 4.78 is 33.6. The predicted molar refractivity (Wildman–Crippen MR) is 153 cm³/mol. The van der Waals surface area contributed by atoms with Crippen molar-refractivity contribution >= 4 is 19.4 Å². The van der Waals surface area contributed by atoms with Crippen LogP contribution in [0.2, 0.25) is 5.32 Å². The van der Waals surface area contributed by atoms with Crippen molar-refractivity contribution in [2.45, 2.75) is 74.1 Å². The third-order valence-corrected chi connectivity index (χ3v) is 11.1. The number of hydrogen-bond donors (Lipinski definition) is 0. The number of likely N-dealkylation sites (tertiary alicyclic amines) is 1. The molecule has 4 heterocycles. The van der Waals surface area contributed by atoms with E-state index < -0.39 is 12.6 Å². The standard InChI is InChI=1S/C33H37NO5Se/c1-3-11-23(12-4-1)32-36-20-27-30(38-32)31-28(21-37-33(39-31)24-13-5-2-6-14-24)34(27)19-25-15-7-8-17-29(25)40-22-26-16-9-10-18-35-26/h1-8,11-15,17,26-28,30-33H,9-10,16,18-22H2/t26?,27-,28-,30+,31+,32+,33+/m0/s1. The fourth-order valence-corrected chi connectivity index (χ4v) is 8.76. The first kappa shape index (κ1) is 26.8. The average molecular weight is 607 g/mol. The molecule has 3 aromatic rings. The van der Waals surface area contributed by atoms with Crippen LogP contribution in [0.1, 0.15) is 48.5 Å². The molecule has 7 heteroatoms. The van der Waals surface area contributed by atoms with Crippen molar-refractivity contribution in [3.63, 3.8) is 0 Å². The normalized spacial score (nSPS) is 32.4. The predicted octanol–water partition coefficient (Wildman–Crippen LogP) is 4.78. The first-order valence-corrected chi connectivity index (χ1v) is 16.6. The first-order valence-electron chi connectivity index (χ1n) is 14.6. The Hall–Kier alpha value is -2.06. The summed E-state index contributed by atoms with van der Waals surface area (Å²) in [6.07, 6.45) is 3.10. The third-order valence-electron chi connectivity index (χ3n) is 8.50. The van der Waals surface area contributed by atoms with Gasteiger partial charge in [-0.3, -0.25) is 0 Å². The summed E-state index contributed by atoms with van der Waals surface area (Å²) in [6.45, 7) is 2.94. The zero-order valence-corrected chi connectivity index (χ0v) is 24.4. The molecule has 0 aromatic heterocycles. The Kier molecular flexibility index (Phi) is 8.34. The summed E-state index contributed by atoms with van der Waals surface area (Å²) in [5, 5.41) is 1.14. The van der Waals surface area contributed by atoms with Crippen molar-refractivity contribution in [3.05, 3.63) is 102 Å². The second-order valence-corrected chi connectivity index (χ2v) is 13.3. The van der Waals surface area contributed by atoms with Crippen LogP contribution in [0.3, 0.4) is 0 Å². The Balaban J connectivity index is 1.13. The van der Waals surface area contributed by atoms with Gasteiger partial charge in [-0.05, 0) is 0 Å². The molecule has 4 saturated heterocycles. The summed E-state index contributed by atoms with van der Waals surface area (Å²) in [7, 11) is 0. The molecule has 0 bridgehead atoms. The van der Waals surface area contributed by atoms with Crippen molar-refractivity contribution in [1.82, 2.24) is 4.90 Å². The van der Waals surface area contributed by atoms with Crippen molar-refractivity contribution < 1.29 is 23.7 Å². The molecule has 7 atom stereocenters. The van der Waals surface area contributed by atoms with Crippen LogP contribution in [0.15, 0.2) is 84.9 Å². The van der Waals surface area contributed by atoms with E-state index in [0.717, 1.165) is 29.6 Å². The van der Waals surface area contributed by atoms with Gasteiger partial charge in [0.2, 0.25) is 0 Å². The zero-order valence-electron chi connectivity index (χ0n) is 22.7. The van der Waals surface area contributed by atoms with Crippen LogP contribution in [0, 0.1) is 0 Å². The molecule has 4 aliphatic rings. The van der Waals surface area contributed by atoms with Gasteiger partial charge in [0.25, 0.3) is 0 Å². The number of fused-ring (bicyclic) bond motifs is 3. The van der Waals surface area contributed by atoms with E-state index >= 15 is 0 Å². The van der Waals surface area contributed by atoms with Crippen LogP contribution in [0.5, 0.6) is 0 Å². The molecule has 0 amide bonds. The summed E-state index contributed by atoms with van der Waals surface area (Å²) >= 11 is 0.368. The van der Waals surface area contributed by atoms with Gasteiger partial charge >= 0.3 is 244 Å². The van der Waals surface area contributed by atoms with Crippen molar-refractivity contribution in [1.29, 1.82) is 0 Å². The van der Waals surface area contributed by atoms with E-state index in [2.05, 4.69) is 53.4 Å². The van der Waals surface area contributed by atoms with Gasteiger partial charge in [-0.2, -0.15) is 0 Å². The van der Waals surface area contributed by atoms with Crippen LogP contribution < -0.4 is 4.46 Å². The van der Waals surface area contributed by atoms with Gasteiger partial charge in [-0.15, -0.1) is 0 Å². The quantitative estimate of drug-likeness (QED) is 0.361. The van der Waals surface area contributed by atoms with E-state index in [9.17, 15) is 0 Å². The second kappa shape index (κ2) is 12.4. The zero-order chi connectivity index (χ0) is 26.7. The summed E-state index contributed by atoms with van der Waals surface area (Å²) in [5.41, 5.74) is 3.47. The summed E-state index contributed by atoms with van der Waals surface area (Å²) in [4.78, 5) is 2.53. The molecule has 7 rings (SSSR count). The first-order chi connectivity index (χ1) is 19.8. The van der Waals surface area contributed by atoms with Crippen molar-refractivity contribution in [2.24, 2.45) is 0 Å². The molecule has 4 fully saturated rings. The minimum atomic E-state index is -0.393. The van der Waals surface area contributed by atoms with Crippen LogP contribution in [-0.2, 0) is 30.2 Å². The number of rotatable bonds is 7. The molecule has 4 aliphatic heterocycles. The van der Waals surface area contributed by atoms with Gasteiger partial charge in [-0.25, -0.2) is 0 Å². The molecular weight excluding hydrogens is 569 g/mol. The molecular formula is C33H37NO5Se. The van der Waals surface area contributed by atoms with E-state index in [1.807, 2.05) is 36.4 Å². The van der Waals surface area contributed by atoms with Gasteiger partial charge in [0.1, 0.15) is 0 Å². The molecule has 0 N–H and O–H groups in total. The maximum absolute atomic E-state index is 6.72. The SMILES string of the molecule is c1ccc([C@@H]2OC[C@H]3[C@@H](O2)[C@@H]2O[C@H](c4ccccc4)OC[C@@H]2N3Cc2ccccc2[Se]CC2CCCCO2)cc1. The molecule has 1 unspecified atom stereocenters. The number of ether oxygens (including phenoxy) is 5. The van der Waals surface area contributed by atoms with E-state index in [-0.39, 0.29) is 24.3 Å². The molecule has 0 radical (unpaired) electrons. The number of benzene rings is 3. The van der Waals surface area contributed by atoms with Gasteiger partial charge in [0, 0.05) is 0 Å². The Morgan fingerprint density at radius 2 is 1.27 bits per heavy atom. The second-order valence-electron chi connectivity index (χ2n) is 11.1. The Morgan fingerprint density at radius 3 is 1.88 bits per heavy atom. The van der Waals surface area contributed by atoms with E-state index in [0.29, 0.717) is 34.3 Å². The van der Waals surface area contributed by atoms with Crippen LogP contribution in [0.25, 0.3) is 0 Å². The fraction of sp³-hybridized carbons (Fsp3) is 0.455. The third kappa shape index (κ3) is 5.67. The van der Waals surface area contributed by atoms with E-state index in [1.54, 1.807) is 0 Å². The fourth-order valence-electron chi connectivity index (χ4n) is 6.41. The number of hydrogen-bond acceptors (Lipinski definition) is 6. The summed E-state index contributed by atoms with van der Waals surface area (Å²) in [6, 6.07) is 29.6. The molecule has 3 aromatic carbocycles. The number of nitrogens with zero attached hydrogens (tertiary/aromatic N) is 1. The monoisotopic (exact) mass is 607 g/mol. The molecule has 40 heavy (non-hydrogen) atoms. The van der Waals surface area contributed by atoms with Crippen LogP contribution in [0.4, 0.5) is 0 Å². The van der Waals surface area contributed by atoms with E-state index in [1.165, 1.54) is 29.3 Å². The van der Waals surface area contributed by atoms with Gasteiger partial charge in [-0.1, -0.05) is 0 Å². The summed E-state index contributed by atoms with van der Waals surface area (Å²) in [5.74, 6) is 0. The molecule has 6 nitrogen and oxygen atoms in total. The molecule has 0 spiro atoms. The average Bonchev–Trinajstić information content (AvgIpc) is 3.34. The molecule has 0 aliphatic carbocycles. The Labute approximate surface area is 243 Å². The topological polar surface area (TPSA) is 49.4 Å². The maximum atomic E-state index is 6.72. The van der Waals surface area contributed by atoms with Gasteiger partial charge < -0.3 is 0 Å². The van der Waals surface area contributed by atoms with Crippen LogP contribution in [-0.4, -0.2) is 70.1 Å². The Morgan fingerprint density at radius 1 is 0.675 bits per heavy atom. The van der Waals surface area contributed by atoms with Gasteiger partial charge in [0.05, 0.1) is 0 Å². The minimum absolute atomic E-state index is 0.0929. The van der Waals surface area contributed by atoms with E-state index in [4.69, 9.17) is 23.7 Å². The molecule has 210 valence electrons. The van der Waals surface area contributed by atoms with Gasteiger partial charge in [0.15, 0.2) is 0 Å². The Bertz CT molecular complexity index is 1180. The van der Waals surface area contributed by atoms with Crippen molar-refractivity contribution in [3.8, 4) is 0 Å². The van der Waals surface area contributed by atoms with Crippen molar-refractivity contribution in [2.75, 3.05) is 19.8 Å². The van der Waals surface area contributed by atoms with Crippen LogP contribution >= 0.6 is 0 Å².